The standard InChI is InChI=1S/C11H11IO4/c12-9-6-14-10(16-9)7-15-11(13)8-4-2-1-3-5-8/h1-5,9-10H,6-7H2/t9-,10-/m1/s1. The summed E-state index contributed by atoms with van der Waals surface area (Å²) in [5, 5.41) is 0. The highest BCUT2D eigenvalue weighted by Crippen LogP contribution is 2.17. The van der Waals surface area contributed by atoms with E-state index in [2.05, 4.69) is 22.6 Å². The summed E-state index contributed by atoms with van der Waals surface area (Å²) in [5.41, 5.74) is 0.534. The number of ether oxygens (including phenoxy) is 3. The maximum atomic E-state index is 11.5. The Morgan fingerprint density at radius 1 is 1.44 bits per heavy atom. The Kier molecular flexibility index (Phi) is 4.14. The van der Waals surface area contributed by atoms with Crippen LogP contribution in [-0.4, -0.2) is 29.6 Å². The highest BCUT2D eigenvalue weighted by atomic mass is 127. The Morgan fingerprint density at radius 2 is 2.19 bits per heavy atom. The molecule has 4 nitrogen and oxygen atoms in total. The third-order valence-corrected chi connectivity index (χ3v) is 2.73. The van der Waals surface area contributed by atoms with E-state index < -0.39 is 6.29 Å². The van der Waals surface area contributed by atoms with Gasteiger partial charge in [-0.05, 0) is 34.7 Å². The number of rotatable bonds is 3. The molecule has 1 fully saturated rings. The highest BCUT2D eigenvalue weighted by molar-refractivity contribution is 14.1. The molecule has 1 aliphatic heterocycles. The molecule has 2 rings (SSSR count). The van der Waals surface area contributed by atoms with Crippen molar-refractivity contribution in [1.82, 2.24) is 0 Å². The second-order valence-corrected chi connectivity index (χ2v) is 4.66. The molecule has 0 radical (unpaired) electrons. The van der Waals surface area contributed by atoms with Crippen LogP contribution in [0.2, 0.25) is 0 Å². The predicted octanol–water partition coefficient (Wildman–Crippen LogP) is 1.98. The molecule has 1 saturated heterocycles. The van der Waals surface area contributed by atoms with Gasteiger partial charge in [0.2, 0.25) is 0 Å². The molecule has 0 N–H and O–H groups in total. The lowest BCUT2D eigenvalue weighted by atomic mass is 10.2. The van der Waals surface area contributed by atoms with E-state index in [9.17, 15) is 4.79 Å². The maximum Gasteiger partial charge on any atom is 0.338 e. The summed E-state index contributed by atoms with van der Waals surface area (Å²) in [7, 11) is 0. The van der Waals surface area contributed by atoms with Crippen LogP contribution in [0, 0.1) is 0 Å². The van der Waals surface area contributed by atoms with Crippen molar-refractivity contribution >= 4 is 28.6 Å². The number of carbonyl (C=O) groups is 1. The molecule has 1 heterocycles. The molecule has 0 spiro atoms. The van der Waals surface area contributed by atoms with Gasteiger partial charge in [0.25, 0.3) is 0 Å². The molecule has 86 valence electrons. The van der Waals surface area contributed by atoms with Gasteiger partial charge in [0.1, 0.15) is 10.7 Å². The number of halogens is 1. The van der Waals surface area contributed by atoms with E-state index in [1.54, 1.807) is 24.3 Å². The summed E-state index contributed by atoms with van der Waals surface area (Å²) in [6, 6.07) is 8.85. The molecule has 0 saturated carbocycles. The molecule has 0 amide bonds. The lowest BCUT2D eigenvalue weighted by Gasteiger charge is -2.09. The van der Waals surface area contributed by atoms with Gasteiger partial charge < -0.3 is 14.2 Å². The highest BCUT2D eigenvalue weighted by Gasteiger charge is 2.24. The van der Waals surface area contributed by atoms with Crippen LogP contribution in [0.3, 0.4) is 0 Å². The van der Waals surface area contributed by atoms with Gasteiger partial charge in [-0.1, -0.05) is 18.2 Å². The van der Waals surface area contributed by atoms with Gasteiger partial charge in [0.15, 0.2) is 6.29 Å². The third-order valence-electron chi connectivity index (χ3n) is 2.07. The van der Waals surface area contributed by atoms with Crippen molar-refractivity contribution in [2.75, 3.05) is 13.2 Å². The van der Waals surface area contributed by atoms with E-state index in [1.165, 1.54) is 0 Å². The zero-order chi connectivity index (χ0) is 11.4. The number of alkyl halides is 1. The summed E-state index contributed by atoms with van der Waals surface area (Å²) >= 11 is 2.13. The van der Waals surface area contributed by atoms with Crippen LogP contribution in [0.25, 0.3) is 0 Å². The van der Waals surface area contributed by atoms with E-state index in [4.69, 9.17) is 14.2 Å². The topological polar surface area (TPSA) is 44.8 Å². The second-order valence-electron chi connectivity index (χ2n) is 3.27. The minimum absolute atomic E-state index is 0.0398. The normalized spacial score (nSPS) is 24.3. The molecule has 0 aliphatic carbocycles. The summed E-state index contributed by atoms with van der Waals surface area (Å²) in [4.78, 5) is 11.5. The minimum Gasteiger partial charge on any atom is -0.457 e. The van der Waals surface area contributed by atoms with Crippen LogP contribution in [0.5, 0.6) is 0 Å². The predicted molar refractivity (Wildman–Crippen MR) is 65.4 cm³/mol. The fourth-order valence-corrected chi connectivity index (χ4v) is 1.85. The molecule has 16 heavy (non-hydrogen) atoms. The first-order valence-electron chi connectivity index (χ1n) is 4.89. The van der Waals surface area contributed by atoms with E-state index >= 15 is 0 Å². The fourth-order valence-electron chi connectivity index (χ4n) is 1.31. The average Bonchev–Trinajstić information content (AvgIpc) is 2.73. The second kappa shape index (κ2) is 5.60. The molecule has 0 bridgehead atoms. The lowest BCUT2D eigenvalue weighted by Crippen LogP contribution is -2.19. The van der Waals surface area contributed by atoms with E-state index in [1.807, 2.05) is 6.07 Å². The van der Waals surface area contributed by atoms with Gasteiger partial charge in [0.05, 0.1) is 12.2 Å². The van der Waals surface area contributed by atoms with Crippen molar-refractivity contribution in [2.24, 2.45) is 0 Å². The van der Waals surface area contributed by atoms with Crippen molar-refractivity contribution in [1.29, 1.82) is 0 Å². The van der Waals surface area contributed by atoms with Gasteiger partial charge in [-0.3, -0.25) is 0 Å². The smallest absolute Gasteiger partial charge is 0.338 e. The molecule has 1 aromatic rings. The Hall–Kier alpha value is -0.660. The first kappa shape index (κ1) is 11.8. The number of esters is 1. The minimum atomic E-state index is -0.436. The van der Waals surface area contributed by atoms with Crippen molar-refractivity contribution in [2.45, 2.75) is 10.4 Å². The molecule has 5 heteroatoms. The van der Waals surface area contributed by atoms with E-state index in [0.717, 1.165) is 0 Å². The van der Waals surface area contributed by atoms with Crippen molar-refractivity contribution in [3.8, 4) is 0 Å². The fraction of sp³-hybridized carbons (Fsp3) is 0.364. The SMILES string of the molecule is O=C(OC[C@@H]1OC[C@H](I)O1)c1ccccc1. The first-order chi connectivity index (χ1) is 7.75. The molecular formula is C11H11IO4. The van der Waals surface area contributed by atoms with Gasteiger partial charge in [-0.15, -0.1) is 0 Å². The van der Waals surface area contributed by atoms with Crippen LogP contribution in [-0.2, 0) is 14.2 Å². The number of carbonyl (C=O) groups excluding carboxylic acids is 1. The average molecular weight is 334 g/mol. The lowest BCUT2D eigenvalue weighted by molar-refractivity contribution is -0.0826. The van der Waals surface area contributed by atoms with E-state index in [0.29, 0.717) is 12.2 Å². The van der Waals surface area contributed by atoms with Crippen LogP contribution < -0.4 is 0 Å². The van der Waals surface area contributed by atoms with Crippen molar-refractivity contribution in [3.05, 3.63) is 35.9 Å². The van der Waals surface area contributed by atoms with Gasteiger partial charge in [-0.25, -0.2) is 4.79 Å². The maximum absolute atomic E-state index is 11.5. The number of benzene rings is 1. The number of hydrogen-bond acceptors (Lipinski definition) is 4. The summed E-state index contributed by atoms with van der Waals surface area (Å²) in [6.07, 6.45) is -0.436. The third kappa shape index (κ3) is 3.16. The Labute approximate surface area is 107 Å². The van der Waals surface area contributed by atoms with Crippen LogP contribution in [0.4, 0.5) is 0 Å². The number of hydrogen-bond donors (Lipinski definition) is 0. The summed E-state index contributed by atoms with van der Waals surface area (Å²) in [6.45, 7) is 0.668. The van der Waals surface area contributed by atoms with Gasteiger partial charge >= 0.3 is 5.97 Å². The van der Waals surface area contributed by atoms with Crippen LogP contribution >= 0.6 is 22.6 Å². The Balaban J connectivity index is 1.80. The Bertz CT molecular complexity index is 354. The molecular weight excluding hydrogens is 323 g/mol. The summed E-state index contributed by atoms with van der Waals surface area (Å²) < 4.78 is 15.7. The van der Waals surface area contributed by atoms with Gasteiger partial charge in [-0.2, -0.15) is 0 Å². The molecule has 0 unspecified atom stereocenters. The molecule has 2 atom stereocenters. The largest absolute Gasteiger partial charge is 0.457 e. The zero-order valence-corrected chi connectivity index (χ0v) is 10.6. The van der Waals surface area contributed by atoms with Crippen molar-refractivity contribution in [3.63, 3.8) is 0 Å². The first-order valence-corrected chi connectivity index (χ1v) is 6.13. The molecule has 0 aromatic heterocycles. The van der Waals surface area contributed by atoms with Crippen LogP contribution in [0.15, 0.2) is 30.3 Å². The van der Waals surface area contributed by atoms with E-state index in [-0.39, 0.29) is 16.7 Å². The molecule has 1 aromatic carbocycles. The Morgan fingerprint density at radius 3 is 2.81 bits per heavy atom. The summed E-state index contributed by atoms with van der Waals surface area (Å²) in [5.74, 6) is -0.357. The van der Waals surface area contributed by atoms with Gasteiger partial charge in [0, 0.05) is 0 Å². The van der Waals surface area contributed by atoms with Crippen molar-refractivity contribution < 1.29 is 19.0 Å². The zero-order valence-electron chi connectivity index (χ0n) is 8.47. The molecule has 1 aliphatic rings. The quantitative estimate of drug-likeness (QED) is 0.482. The van der Waals surface area contributed by atoms with Crippen LogP contribution in [0.1, 0.15) is 10.4 Å². The monoisotopic (exact) mass is 334 g/mol.